The Kier molecular flexibility index (Phi) is 4.47. The summed E-state index contributed by atoms with van der Waals surface area (Å²) in [6.45, 7) is 3.77. The van der Waals surface area contributed by atoms with Crippen molar-refractivity contribution in [2.75, 3.05) is 6.54 Å². The molecule has 1 N–H and O–H groups in total. The first-order chi connectivity index (χ1) is 10.3. The third-order valence-electron chi connectivity index (χ3n) is 3.89. The van der Waals surface area contributed by atoms with E-state index in [4.69, 9.17) is 16.3 Å². The number of nitrogens with one attached hydrogen (secondary N) is 1. The fourth-order valence-electron chi connectivity index (χ4n) is 2.78. The molecule has 2 aromatic carbocycles. The second-order valence-corrected chi connectivity index (χ2v) is 5.85. The fraction of sp³-hybridized carbons (Fsp3) is 0.333. The molecular formula is C18H20ClNO. The molecule has 0 bridgehead atoms. The molecule has 0 aromatic heterocycles. The highest BCUT2D eigenvalue weighted by molar-refractivity contribution is 6.30. The van der Waals surface area contributed by atoms with Crippen LogP contribution in [0.15, 0.2) is 36.4 Å². The first-order valence-corrected chi connectivity index (χ1v) is 7.93. The van der Waals surface area contributed by atoms with Gasteiger partial charge in [0.15, 0.2) is 0 Å². The molecule has 0 spiro atoms. The van der Waals surface area contributed by atoms with Crippen LogP contribution in [0, 0.1) is 0 Å². The average molecular weight is 302 g/mol. The van der Waals surface area contributed by atoms with Crippen molar-refractivity contribution in [1.82, 2.24) is 5.32 Å². The summed E-state index contributed by atoms with van der Waals surface area (Å²) in [5.41, 5.74) is 3.98. The number of benzene rings is 2. The van der Waals surface area contributed by atoms with E-state index in [0.717, 1.165) is 41.6 Å². The van der Waals surface area contributed by atoms with Crippen LogP contribution in [-0.2, 0) is 19.4 Å². The summed E-state index contributed by atoms with van der Waals surface area (Å²) >= 11 is 6.09. The van der Waals surface area contributed by atoms with Crippen LogP contribution >= 0.6 is 11.6 Å². The van der Waals surface area contributed by atoms with Crippen LogP contribution in [0.1, 0.15) is 30.0 Å². The van der Waals surface area contributed by atoms with Gasteiger partial charge in [0, 0.05) is 17.1 Å². The van der Waals surface area contributed by atoms with Gasteiger partial charge in [-0.15, -0.1) is 0 Å². The van der Waals surface area contributed by atoms with E-state index in [1.807, 2.05) is 18.2 Å². The molecule has 0 aliphatic heterocycles. The minimum absolute atomic E-state index is 0.740. The molecule has 3 heteroatoms. The van der Waals surface area contributed by atoms with Gasteiger partial charge >= 0.3 is 0 Å². The highest BCUT2D eigenvalue weighted by atomic mass is 35.5. The smallest absolute Gasteiger partial charge is 0.132 e. The highest BCUT2D eigenvalue weighted by Gasteiger charge is 2.12. The normalized spacial score (nSPS) is 13.2. The van der Waals surface area contributed by atoms with Gasteiger partial charge in [0.05, 0.1) is 0 Å². The van der Waals surface area contributed by atoms with Crippen molar-refractivity contribution in [2.45, 2.75) is 32.7 Å². The van der Waals surface area contributed by atoms with Crippen molar-refractivity contribution in [2.24, 2.45) is 0 Å². The molecule has 2 aromatic rings. The lowest BCUT2D eigenvalue weighted by molar-refractivity contribution is 0.472. The second-order valence-electron chi connectivity index (χ2n) is 5.42. The lowest BCUT2D eigenvalue weighted by Gasteiger charge is -2.13. The summed E-state index contributed by atoms with van der Waals surface area (Å²) in [7, 11) is 0. The zero-order valence-corrected chi connectivity index (χ0v) is 13.0. The fourth-order valence-corrected chi connectivity index (χ4v) is 2.98. The maximum atomic E-state index is 6.09. The maximum Gasteiger partial charge on any atom is 0.132 e. The van der Waals surface area contributed by atoms with Gasteiger partial charge in [0.2, 0.25) is 0 Å². The van der Waals surface area contributed by atoms with Crippen LogP contribution < -0.4 is 10.1 Å². The largest absolute Gasteiger partial charge is 0.457 e. The minimum atomic E-state index is 0.740. The summed E-state index contributed by atoms with van der Waals surface area (Å²) in [5.74, 6) is 1.79. The Bertz CT molecular complexity index is 639. The van der Waals surface area contributed by atoms with E-state index >= 15 is 0 Å². The molecule has 0 amide bonds. The number of halogens is 1. The highest BCUT2D eigenvalue weighted by Crippen LogP contribution is 2.31. The van der Waals surface area contributed by atoms with Gasteiger partial charge in [-0.25, -0.2) is 0 Å². The lowest BCUT2D eigenvalue weighted by atomic mass is 10.1. The van der Waals surface area contributed by atoms with Crippen molar-refractivity contribution in [3.05, 3.63) is 58.1 Å². The van der Waals surface area contributed by atoms with Crippen molar-refractivity contribution in [3.8, 4) is 11.5 Å². The molecule has 2 nitrogen and oxygen atoms in total. The molecule has 0 heterocycles. The molecule has 21 heavy (non-hydrogen) atoms. The third kappa shape index (κ3) is 3.39. The molecule has 0 unspecified atom stereocenters. The standard InChI is InChI=1S/C18H20ClNO/c1-2-20-12-15-10-16(19)7-9-18(15)21-17-8-6-13-4-3-5-14(13)11-17/h6-11,20H,2-5,12H2,1H3. The SMILES string of the molecule is CCNCc1cc(Cl)ccc1Oc1ccc2c(c1)CCC2. The van der Waals surface area contributed by atoms with Gasteiger partial charge in [-0.2, -0.15) is 0 Å². The van der Waals surface area contributed by atoms with Gasteiger partial charge in [-0.3, -0.25) is 0 Å². The topological polar surface area (TPSA) is 21.3 Å². The molecule has 1 aliphatic carbocycles. The Morgan fingerprint density at radius 2 is 1.95 bits per heavy atom. The van der Waals surface area contributed by atoms with Crippen LogP contribution in [0.2, 0.25) is 5.02 Å². The Hall–Kier alpha value is -1.51. The molecule has 0 fully saturated rings. The van der Waals surface area contributed by atoms with E-state index < -0.39 is 0 Å². The number of hydrogen-bond acceptors (Lipinski definition) is 2. The summed E-state index contributed by atoms with van der Waals surface area (Å²) in [6, 6.07) is 12.2. The van der Waals surface area contributed by atoms with E-state index in [2.05, 4.69) is 30.4 Å². The number of hydrogen-bond donors (Lipinski definition) is 1. The third-order valence-corrected chi connectivity index (χ3v) is 4.12. The van der Waals surface area contributed by atoms with Crippen LogP contribution in [0.3, 0.4) is 0 Å². The van der Waals surface area contributed by atoms with Gasteiger partial charge < -0.3 is 10.1 Å². The molecule has 3 rings (SSSR count). The zero-order chi connectivity index (χ0) is 14.7. The quantitative estimate of drug-likeness (QED) is 0.862. The maximum absolute atomic E-state index is 6.09. The monoisotopic (exact) mass is 301 g/mol. The number of fused-ring (bicyclic) bond motifs is 1. The van der Waals surface area contributed by atoms with E-state index in [-0.39, 0.29) is 0 Å². The molecule has 0 saturated carbocycles. The molecule has 110 valence electrons. The van der Waals surface area contributed by atoms with Crippen LogP contribution in [0.25, 0.3) is 0 Å². The van der Waals surface area contributed by atoms with Crippen molar-refractivity contribution in [3.63, 3.8) is 0 Å². The first-order valence-electron chi connectivity index (χ1n) is 7.55. The summed E-state index contributed by atoms with van der Waals surface area (Å²) in [4.78, 5) is 0. The van der Waals surface area contributed by atoms with Gasteiger partial charge in [-0.1, -0.05) is 24.6 Å². The Balaban J connectivity index is 1.83. The Morgan fingerprint density at radius 1 is 1.10 bits per heavy atom. The van der Waals surface area contributed by atoms with Gasteiger partial charge in [0.1, 0.15) is 11.5 Å². The molecule has 0 atom stereocenters. The molecule has 0 radical (unpaired) electrons. The van der Waals surface area contributed by atoms with Gasteiger partial charge in [-0.05, 0) is 67.3 Å². The van der Waals surface area contributed by atoms with Crippen LogP contribution in [0.4, 0.5) is 0 Å². The summed E-state index contributed by atoms with van der Waals surface area (Å²) < 4.78 is 6.09. The Labute approximate surface area is 131 Å². The number of ether oxygens (including phenoxy) is 1. The molecule has 1 aliphatic rings. The van der Waals surface area contributed by atoms with Gasteiger partial charge in [0.25, 0.3) is 0 Å². The van der Waals surface area contributed by atoms with E-state index in [9.17, 15) is 0 Å². The first kappa shape index (κ1) is 14.4. The van der Waals surface area contributed by atoms with Crippen LogP contribution in [0.5, 0.6) is 11.5 Å². The van der Waals surface area contributed by atoms with E-state index in [1.54, 1.807) is 0 Å². The van der Waals surface area contributed by atoms with E-state index in [1.165, 1.54) is 24.0 Å². The average Bonchev–Trinajstić information content (AvgIpc) is 2.95. The number of rotatable bonds is 5. The second kappa shape index (κ2) is 6.50. The zero-order valence-electron chi connectivity index (χ0n) is 12.3. The van der Waals surface area contributed by atoms with Crippen molar-refractivity contribution in [1.29, 1.82) is 0 Å². The minimum Gasteiger partial charge on any atom is -0.457 e. The van der Waals surface area contributed by atoms with Crippen LogP contribution in [-0.4, -0.2) is 6.54 Å². The van der Waals surface area contributed by atoms with Crippen molar-refractivity contribution >= 4 is 11.6 Å². The predicted octanol–water partition coefficient (Wildman–Crippen LogP) is 4.73. The lowest BCUT2D eigenvalue weighted by Crippen LogP contribution is -2.12. The summed E-state index contributed by atoms with van der Waals surface area (Å²) in [5, 5.41) is 4.06. The van der Waals surface area contributed by atoms with E-state index in [0.29, 0.717) is 0 Å². The molecular weight excluding hydrogens is 282 g/mol. The number of aryl methyl sites for hydroxylation is 2. The predicted molar refractivity (Wildman–Crippen MR) is 87.4 cm³/mol. The summed E-state index contributed by atoms with van der Waals surface area (Å²) in [6.07, 6.45) is 3.62. The Morgan fingerprint density at radius 3 is 2.81 bits per heavy atom. The molecule has 0 saturated heterocycles. The van der Waals surface area contributed by atoms with Crippen molar-refractivity contribution < 1.29 is 4.74 Å².